The zero-order chi connectivity index (χ0) is 22.5. The van der Waals surface area contributed by atoms with Gasteiger partial charge in [0.1, 0.15) is 0 Å². The van der Waals surface area contributed by atoms with Crippen molar-refractivity contribution in [2.75, 3.05) is 39.3 Å². The van der Waals surface area contributed by atoms with Gasteiger partial charge in [0.05, 0.1) is 22.8 Å². The molecule has 1 saturated carbocycles. The van der Waals surface area contributed by atoms with Gasteiger partial charge in [-0.15, -0.1) is 0 Å². The number of piperidine rings is 1. The number of amides is 2. The molecule has 2 amide bonds. The fourth-order valence-electron chi connectivity index (χ4n) is 4.63. The summed E-state index contributed by atoms with van der Waals surface area (Å²) in [6.45, 7) is 5.30. The van der Waals surface area contributed by atoms with Crippen molar-refractivity contribution in [3.63, 3.8) is 0 Å². The first-order valence-corrected chi connectivity index (χ1v) is 12.6. The third kappa shape index (κ3) is 6.83. The van der Waals surface area contributed by atoms with Crippen molar-refractivity contribution in [2.24, 2.45) is 11.8 Å². The summed E-state index contributed by atoms with van der Waals surface area (Å²) >= 11 is 12.1. The van der Waals surface area contributed by atoms with Crippen molar-refractivity contribution in [1.29, 1.82) is 0 Å². The summed E-state index contributed by atoms with van der Waals surface area (Å²) in [6, 6.07) is 5.72. The lowest BCUT2D eigenvalue weighted by atomic mass is 9.92. The Morgan fingerprint density at radius 3 is 2.56 bits per heavy atom. The van der Waals surface area contributed by atoms with Crippen LogP contribution < -0.4 is 5.32 Å². The molecule has 2 saturated heterocycles. The second-order valence-electron chi connectivity index (χ2n) is 9.36. The van der Waals surface area contributed by atoms with Crippen LogP contribution in [0, 0.1) is 11.8 Å². The molecular formula is C24H33Cl2N3O3. The molecule has 1 aliphatic carbocycles. The Labute approximate surface area is 200 Å². The van der Waals surface area contributed by atoms with Gasteiger partial charge in [-0.25, -0.2) is 0 Å². The average Bonchev–Trinajstić information content (AvgIpc) is 3.64. The van der Waals surface area contributed by atoms with Crippen molar-refractivity contribution in [3.8, 4) is 0 Å². The van der Waals surface area contributed by atoms with E-state index in [-0.39, 0.29) is 12.0 Å². The Kier molecular flexibility index (Phi) is 8.32. The molecule has 32 heavy (non-hydrogen) atoms. The van der Waals surface area contributed by atoms with Crippen LogP contribution in [0.15, 0.2) is 18.2 Å². The van der Waals surface area contributed by atoms with E-state index in [4.69, 9.17) is 27.9 Å². The zero-order valence-electron chi connectivity index (χ0n) is 18.5. The molecule has 8 heteroatoms. The largest absolute Gasteiger partial charge is 0.374 e. The molecule has 1 atom stereocenters. The van der Waals surface area contributed by atoms with Crippen LogP contribution in [0.3, 0.4) is 0 Å². The summed E-state index contributed by atoms with van der Waals surface area (Å²) in [7, 11) is 0. The van der Waals surface area contributed by atoms with E-state index in [1.807, 2.05) is 23.1 Å². The Morgan fingerprint density at radius 1 is 1.06 bits per heavy atom. The molecule has 176 valence electrons. The van der Waals surface area contributed by atoms with Gasteiger partial charge in [0.25, 0.3) is 0 Å². The van der Waals surface area contributed by atoms with E-state index in [0.29, 0.717) is 47.4 Å². The van der Waals surface area contributed by atoms with Gasteiger partial charge in [0.2, 0.25) is 11.8 Å². The molecule has 2 heterocycles. The number of carbonyl (C=O) groups is 2. The maximum atomic E-state index is 12.4. The summed E-state index contributed by atoms with van der Waals surface area (Å²) in [5.41, 5.74) is 1.12. The first kappa shape index (κ1) is 23.8. The van der Waals surface area contributed by atoms with Crippen LogP contribution in [0.1, 0.15) is 44.1 Å². The lowest BCUT2D eigenvalue weighted by molar-refractivity contribution is -0.134. The fraction of sp³-hybridized carbons (Fsp3) is 0.667. The van der Waals surface area contributed by atoms with Crippen LogP contribution in [-0.2, 0) is 20.9 Å². The molecule has 1 N–H and O–H groups in total. The standard InChI is InChI=1S/C24H33Cl2N3O3/c25-21-5-1-18(13-22(21)26)15-28-11-12-32-20(16-28)14-27-23(30)6-2-17-7-9-29(10-8-17)24(31)19-3-4-19/h1,5,13,17,19-20H,2-4,6-12,14-16H2,(H,27,30)/t20-/m0/s1. The van der Waals surface area contributed by atoms with Crippen molar-refractivity contribution >= 4 is 35.0 Å². The van der Waals surface area contributed by atoms with Crippen molar-refractivity contribution in [3.05, 3.63) is 33.8 Å². The number of nitrogens with one attached hydrogen (secondary N) is 1. The van der Waals surface area contributed by atoms with E-state index in [1.165, 1.54) is 0 Å². The van der Waals surface area contributed by atoms with Gasteiger partial charge < -0.3 is 15.0 Å². The minimum absolute atomic E-state index is 0.00727. The lowest BCUT2D eigenvalue weighted by Crippen LogP contribution is -2.47. The molecule has 0 bridgehead atoms. The maximum Gasteiger partial charge on any atom is 0.225 e. The quantitative estimate of drug-likeness (QED) is 0.614. The van der Waals surface area contributed by atoms with Crippen molar-refractivity contribution in [2.45, 2.75) is 51.2 Å². The summed E-state index contributed by atoms with van der Waals surface area (Å²) < 4.78 is 5.85. The highest BCUT2D eigenvalue weighted by atomic mass is 35.5. The number of hydrogen-bond donors (Lipinski definition) is 1. The smallest absolute Gasteiger partial charge is 0.225 e. The topological polar surface area (TPSA) is 61.9 Å². The number of halogens is 2. The molecule has 6 nitrogen and oxygen atoms in total. The number of morpholine rings is 1. The normalized spacial score (nSPS) is 22.7. The Bertz CT molecular complexity index is 810. The van der Waals surface area contributed by atoms with Gasteiger partial charge in [0.15, 0.2) is 0 Å². The minimum atomic E-state index is -0.00727. The highest BCUT2D eigenvalue weighted by Gasteiger charge is 2.34. The highest BCUT2D eigenvalue weighted by Crippen LogP contribution is 2.33. The average molecular weight is 482 g/mol. The van der Waals surface area contributed by atoms with E-state index >= 15 is 0 Å². The van der Waals surface area contributed by atoms with E-state index in [2.05, 4.69) is 10.2 Å². The summed E-state index contributed by atoms with van der Waals surface area (Å²) in [4.78, 5) is 28.9. The fourth-order valence-corrected chi connectivity index (χ4v) is 4.95. The summed E-state index contributed by atoms with van der Waals surface area (Å²) in [6.07, 6.45) is 5.59. The molecule has 2 aliphatic heterocycles. The zero-order valence-corrected chi connectivity index (χ0v) is 20.0. The predicted molar refractivity (Wildman–Crippen MR) is 126 cm³/mol. The third-order valence-corrected chi connectivity index (χ3v) is 7.51. The predicted octanol–water partition coefficient (Wildman–Crippen LogP) is 3.74. The van der Waals surface area contributed by atoms with Crippen molar-refractivity contribution in [1.82, 2.24) is 15.1 Å². The van der Waals surface area contributed by atoms with Gasteiger partial charge in [-0.05, 0) is 55.7 Å². The molecule has 1 aromatic rings. The summed E-state index contributed by atoms with van der Waals surface area (Å²) in [5.74, 6) is 1.28. The number of benzene rings is 1. The maximum absolute atomic E-state index is 12.4. The van der Waals surface area contributed by atoms with Crippen LogP contribution in [0.4, 0.5) is 0 Å². The van der Waals surface area contributed by atoms with Gasteiger partial charge in [-0.3, -0.25) is 14.5 Å². The Balaban J connectivity index is 1.12. The van der Waals surface area contributed by atoms with Crippen LogP contribution >= 0.6 is 23.2 Å². The Morgan fingerprint density at radius 2 is 1.84 bits per heavy atom. The number of rotatable bonds is 8. The molecule has 1 aromatic carbocycles. The van der Waals surface area contributed by atoms with Crippen molar-refractivity contribution < 1.29 is 14.3 Å². The van der Waals surface area contributed by atoms with Crippen LogP contribution in [0.5, 0.6) is 0 Å². The van der Waals surface area contributed by atoms with Gasteiger partial charge in [-0.1, -0.05) is 29.3 Å². The Hall–Kier alpha value is -1.34. The number of ether oxygens (including phenoxy) is 1. The van der Waals surface area contributed by atoms with Gasteiger partial charge in [-0.2, -0.15) is 0 Å². The second kappa shape index (κ2) is 11.2. The molecule has 4 rings (SSSR count). The van der Waals surface area contributed by atoms with Crippen LogP contribution in [-0.4, -0.2) is 67.0 Å². The number of hydrogen-bond acceptors (Lipinski definition) is 4. The molecule has 0 aromatic heterocycles. The van der Waals surface area contributed by atoms with Gasteiger partial charge in [0, 0.05) is 51.6 Å². The van der Waals surface area contributed by atoms with E-state index in [0.717, 1.165) is 70.4 Å². The SMILES string of the molecule is O=C(CCC1CCN(C(=O)C2CC2)CC1)NC[C@H]1CN(Cc2ccc(Cl)c(Cl)c2)CCO1. The van der Waals surface area contributed by atoms with Crippen LogP contribution in [0.25, 0.3) is 0 Å². The highest BCUT2D eigenvalue weighted by molar-refractivity contribution is 6.42. The number of likely N-dealkylation sites (tertiary alicyclic amines) is 1. The first-order chi connectivity index (χ1) is 15.5. The van der Waals surface area contributed by atoms with E-state index in [9.17, 15) is 9.59 Å². The van der Waals surface area contributed by atoms with Crippen LogP contribution in [0.2, 0.25) is 10.0 Å². The number of carbonyl (C=O) groups excluding carboxylic acids is 2. The van der Waals surface area contributed by atoms with E-state index < -0.39 is 0 Å². The summed E-state index contributed by atoms with van der Waals surface area (Å²) in [5, 5.41) is 4.19. The van der Waals surface area contributed by atoms with E-state index in [1.54, 1.807) is 0 Å². The molecular weight excluding hydrogens is 449 g/mol. The number of nitrogens with zero attached hydrogens (tertiary/aromatic N) is 2. The molecule has 0 radical (unpaired) electrons. The molecule has 3 fully saturated rings. The minimum Gasteiger partial charge on any atom is -0.374 e. The molecule has 0 unspecified atom stereocenters. The lowest BCUT2D eigenvalue weighted by Gasteiger charge is -2.33. The third-order valence-electron chi connectivity index (χ3n) is 6.77. The molecule has 3 aliphatic rings. The van der Waals surface area contributed by atoms with Gasteiger partial charge >= 0.3 is 0 Å². The molecule has 0 spiro atoms. The second-order valence-corrected chi connectivity index (χ2v) is 10.2. The monoisotopic (exact) mass is 481 g/mol. The first-order valence-electron chi connectivity index (χ1n) is 11.8.